The van der Waals surface area contributed by atoms with Crippen molar-refractivity contribution in [2.75, 3.05) is 11.9 Å². The average Bonchev–Trinajstić information content (AvgIpc) is 2.88. The summed E-state index contributed by atoms with van der Waals surface area (Å²) in [7, 11) is 1.70. The zero-order valence-electron chi connectivity index (χ0n) is 12.1. The van der Waals surface area contributed by atoms with Crippen molar-refractivity contribution in [1.29, 1.82) is 0 Å². The van der Waals surface area contributed by atoms with Gasteiger partial charge in [0, 0.05) is 24.9 Å². The number of aliphatic hydroxyl groups is 1. The van der Waals surface area contributed by atoms with Crippen molar-refractivity contribution < 1.29 is 18.7 Å². The van der Waals surface area contributed by atoms with Gasteiger partial charge in [0.25, 0.3) is 0 Å². The quantitative estimate of drug-likeness (QED) is 0.804. The van der Waals surface area contributed by atoms with E-state index in [0.717, 1.165) is 18.2 Å². The number of rotatable bonds is 4. The van der Waals surface area contributed by atoms with Gasteiger partial charge in [0.1, 0.15) is 17.2 Å². The predicted molar refractivity (Wildman–Crippen MR) is 76.2 cm³/mol. The number of carbonyl (C=O) groups excluding carboxylic acids is 1. The first-order valence-corrected chi connectivity index (χ1v) is 6.49. The Hall–Kier alpha value is -2.48. The lowest BCUT2D eigenvalue weighted by Gasteiger charge is -2.22. The molecule has 6 nitrogen and oxygen atoms in total. The smallest absolute Gasteiger partial charge is 0.319 e. The number of hydrogen-bond donors (Lipinski definition) is 3. The van der Waals surface area contributed by atoms with Crippen LogP contribution in [-0.2, 0) is 12.6 Å². The fourth-order valence-electron chi connectivity index (χ4n) is 1.81. The molecule has 0 aliphatic heterocycles. The zero-order valence-corrected chi connectivity index (χ0v) is 12.1. The fourth-order valence-corrected chi connectivity index (χ4v) is 1.81. The normalized spacial score (nSPS) is 13.5. The van der Waals surface area contributed by atoms with Crippen LogP contribution in [0.2, 0.25) is 0 Å². The third-order valence-electron chi connectivity index (χ3n) is 3.10. The number of halogens is 2. The number of carbonyl (C=O) groups is 1. The lowest BCUT2D eigenvalue weighted by Crippen LogP contribution is -2.40. The molecule has 1 unspecified atom stereocenters. The molecule has 3 N–H and O–H groups in total. The molecule has 0 radical (unpaired) electrons. The Labute approximate surface area is 125 Å². The number of nitrogens with one attached hydrogen (secondary N) is 2. The number of hydrogen-bond acceptors (Lipinski definition) is 3. The molecule has 0 spiro atoms. The Morgan fingerprint density at radius 2 is 2.18 bits per heavy atom. The maximum absolute atomic E-state index is 13.4. The highest BCUT2D eigenvalue weighted by Gasteiger charge is 2.25. The van der Waals surface area contributed by atoms with E-state index < -0.39 is 23.3 Å². The molecule has 22 heavy (non-hydrogen) atoms. The standard InChI is InChI=1S/C14H16F2N4O2/c1-14(22,9-6-18-20(2)7-9)8-17-13(21)19-12-5-10(15)3-4-11(12)16/h3-7,22H,8H2,1-2H3,(H2,17,19,21). The summed E-state index contributed by atoms with van der Waals surface area (Å²) < 4.78 is 27.9. The van der Waals surface area contributed by atoms with Crippen molar-refractivity contribution in [2.45, 2.75) is 12.5 Å². The van der Waals surface area contributed by atoms with Gasteiger partial charge in [-0.15, -0.1) is 0 Å². The average molecular weight is 310 g/mol. The zero-order chi connectivity index (χ0) is 16.3. The van der Waals surface area contributed by atoms with Gasteiger partial charge in [0.05, 0.1) is 18.4 Å². The van der Waals surface area contributed by atoms with Gasteiger partial charge in [-0.05, 0) is 19.1 Å². The van der Waals surface area contributed by atoms with Crippen LogP contribution >= 0.6 is 0 Å². The highest BCUT2D eigenvalue weighted by Crippen LogP contribution is 2.19. The van der Waals surface area contributed by atoms with Gasteiger partial charge >= 0.3 is 6.03 Å². The van der Waals surface area contributed by atoms with E-state index in [1.807, 2.05) is 0 Å². The molecule has 1 heterocycles. The Kier molecular flexibility index (Phi) is 4.41. The van der Waals surface area contributed by atoms with Crippen LogP contribution in [0.1, 0.15) is 12.5 Å². The molecular formula is C14H16F2N4O2. The molecule has 0 saturated carbocycles. The summed E-state index contributed by atoms with van der Waals surface area (Å²) in [6.45, 7) is 1.38. The Morgan fingerprint density at radius 3 is 2.82 bits per heavy atom. The lowest BCUT2D eigenvalue weighted by molar-refractivity contribution is 0.0599. The van der Waals surface area contributed by atoms with E-state index >= 15 is 0 Å². The molecule has 0 bridgehead atoms. The molecule has 2 amide bonds. The van der Waals surface area contributed by atoms with Gasteiger partial charge in [-0.3, -0.25) is 4.68 Å². The first kappa shape index (κ1) is 15.9. The van der Waals surface area contributed by atoms with Crippen molar-refractivity contribution in [2.24, 2.45) is 7.05 Å². The summed E-state index contributed by atoms with van der Waals surface area (Å²) in [6.07, 6.45) is 3.09. The molecule has 1 atom stereocenters. The number of aromatic nitrogens is 2. The summed E-state index contributed by atoms with van der Waals surface area (Å²) in [4.78, 5) is 11.7. The van der Waals surface area contributed by atoms with Gasteiger partial charge in [-0.1, -0.05) is 0 Å². The molecule has 0 aliphatic carbocycles. The Morgan fingerprint density at radius 1 is 1.45 bits per heavy atom. The van der Waals surface area contributed by atoms with Crippen molar-refractivity contribution in [1.82, 2.24) is 15.1 Å². The molecule has 8 heteroatoms. The van der Waals surface area contributed by atoms with E-state index in [2.05, 4.69) is 15.7 Å². The summed E-state index contributed by atoms with van der Waals surface area (Å²) >= 11 is 0. The largest absolute Gasteiger partial charge is 0.383 e. The topological polar surface area (TPSA) is 79.2 Å². The summed E-state index contributed by atoms with van der Waals surface area (Å²) in [5, 5.41) is 18.8. The minimum atomic E-state index is -1.34. The SMILES string of the molecule is Cn1cc(C(C)(O)CNC(=O)Nc2cc(F)ccc2F)cn1. The van der Waals surface area contributed by atoms with E-state index in [9.17, 15) is 18.7 Å². The van der Waals surface area contributed by atoms with Gasteiger partial charge in [-0.2, -0.15) is 5.10 Å². The van der Waals surface area contributed by atoms with E-state index in [1.165, 1.54) is 17.8 Å². The van der Waals surface area contributed by atoms with Crippen LogP contribution in [0.5, 0.6) is 0 Å². The molecule has 2 aromatic rings. The van der Waals surface area contributed by atoms with E-state index in [1.54, 1.807) is 13.2 Å². The van der Waals surface area contributed by atoms with Crippen LogP contribution < -0.4 is 10.6 Å². The van der Waals surface area contributed by atoms with Crippen LogP contribution in [-0.4, -0.2) is 27.5 Å². The predicted octanol–water partition coefficient (Wildman–Crippen LogP) is 1.73. The second kappa shape index (κ2) is 6.10. The first-order chi connectivity index (χ1) is 10.3. The van der Waals surface area contributed by atoms with Gasteiger partial charge < -0.3 is 15.7 Å². The van der Waals surface area contributed by atoms with Gasteiger partial charge in [0.2, 0.25) is 0 Å². The minimum absolute atomic E-state index is 0.124. The van der Waals surface area contributed by atoms with Crippen LogP contribution in [0.4, 0.5) is 19.3 Å². The van der Waals surface area contributed by atoms with Crippen LogP contribution in [0, 0.1) is 11.6 Å². The number of nitrogens with zero attached hydrogens (tertiary/aromatic N) is 2. The van der Waals surface area contributed by atoms with Crippen LogP contribution in [0.25, 0.3) is 0 Å². The minimum Gasteiger partial charge on any atom is -0.383 e. The van der Waals surface area contributed by atoms with Crippen molar-refractivity contribution in [3.05, 3.63) is 47.8 Å². The molecule has 118 valence electrons. The molecule has 0 aliphatic rings. The monoisotopic (exact) mass is 310 g/mol. The van der Waals surface area contributed by atoms with E-state index in [-0.39, 0.29) is 12.2 Å². The molecule has 0 fully saturated rings. The molecular weight excluding hydrogens is 294 g/mol. The van der Waals surface area contributed by atoms with Crippen molar-refractivity contribution in [3.63, 3.8) is 0 Å². The number of anilines is 1. The highest BCUT2D eigenvalue weighted by molar-refractivity contribution is 5.89. The summed E-state index contributed by atoms with van der Waals surface area (Å²) in [5.74, 6) is -1.42. The van der Waals surface area contributed by atoms with Crippen molar-refractivity contribution >= 4 is 11.7 Å². The molecule has 1 aromatic heterocycles. The number of aryl methyl sites for hydroxylation is 1. The summed E-state index contributed by atoms with van der Waals surface area (Å²) in [5.41, 5.74) is -1.10. The van der Waals surface area contributed by atoms with Crippen LogP contribution in [0.3, 0.4) is 0 Å². The Bertz CT molecular complexity index is 685. The van der Waals surface area contributed by atoms with Gasteiger partial charge in [0.15, 0.2) is 0 Å². The second-order valence-electron chi connectivity index (χ2n) is 5.11. The highest BCUT2D eigenvalue weighted by atomic mass is 19.1. The maximum atomic E-state index is 13.4. The second-order valence-corrected chi connectivity index (χ2v) is 5.11. The molecule has 0 saturated heterocycles. The fraction of sp³-hybridized carbons (Fsp3) is 0.286. The van der Waals surface area contributed by atoms with E-state index in [0.29, 0.717) is 5.56 Å². The molecule has 1 aromatic carbocycles. The van der Waals surface area contributed by atoms with Crippen molar-refractivity contribution in [3.8, 4) is 0 Å². The van der Waals surface area contributed by atoms with Crippen LogP contribution in [0.15, 0.2) is 30.6 Å². The third-order valence-corrected chi connectivity index (χ3v) is 3.10. The summed E-state index contributed by atoms with van der Waals surface area (Å²) in [6, 6.07) is 1.98. The van der Waals surface area contributed by atoms with E-state index in [4.69, 9.17) is 0 Å². The Balaban J connectivity index is 1.96. The number of amides is 2. The third kappa shape index (κ3) is 3.79. The first-order valence-electron chi connectivity index (χ1n) is 6.49. The lowest BCUT2D eigenvalue weighted by atomic mass is 10.00. The maximum Gasteiger partial charge on any atom is 0.319 e. The van der Waals surface area contributed by atoms with Gasteiger partial charge in [-0.25, -0.2) is 13.6 Å². The number of benzene rings is 1. The molecule has 2 rings (SSSR count). The number of urea groups is 1.